The second kappa shape index (κ2) is 3.57. The van der Waals surface area contributed by atoms with Crippen LogP contribution >= 0.6 is 0 Å². The van der Waals surface area contributed by atoms with Crippen LogP contribution in [0.5, 0.6) is 0 Å². The molecule has 0 aliphatic carbocycles. The molecule has 0 bridgehead atoms. The molecule has 1 unspecified atom stereocenters. The fraction of sp³-hybridized carbons (Fsp3) is 0.875. The molecular weight excluding hydrogens is 180 g/mol. The fourth-order valence-electron chi connectivity index (χ4n) is 1.62. The van der Waals surface area contributed by atoms with Crippen molar-refractivity contribution in [2.24, 2.45) is 0 Å². The SMILES string of the molecule is CN1CCCC1CC(F)(F)C(=O)O. The van der Waals surface area contributed by atoms with Gasteiger partial charge in [0.05, 0.1) is 0 Å². The van der Waals surface area contributed by atoms with E-state index in [9.17, 15) is 13.6 Å². The Labute approximate surface area is 75.3 Å². The van der Waals surface area contributed by atoms with E-state index in [0.717, 1.165) is 13.0 Å². The first kappa shape index (κ1) is 10.4. The van der Waals surface area contributed by atoms with Gasteiger partial charge in [-0.3, -0.25) is 0 Å². The second-order valence-electron chi connectivity index (χ2n) is 3.49. The quantitative estimate of drug-likeness (QED) is 0.731. The molecule has 76 valence electrons. The summed E-state index contributed by atoms with van der Waals surface area (Å²) >= 11 is 0. The first-order valence-corrected chi connectivity index (χ1v) is 4.25. The average molecular weight is 193 g/mol. The summed E-state index contributed by atoms with van der Waals surface area (Å²) in [6.07, 6.45) is 0.967. The molecule has 3 nitrogen and oxygen atoms in total. The van der Waals surface area contributed by atoms with Crippen LogP contribution in [-0.2, 0) is 4.79 Å². The summed E-state index contributed by atoms with van der Waals surface area (Å²) in [4.78, 5) is 11.9. The minimum atomic E-state index is -3.58. The third kappa shape index (κ3) is 2.37. The summed E-state index contributed by atoms with van der Waals surface area (Å²) in [5.41, 5.74) is 0. The van der Waals surface area contributed by atoms with Gasteiger partial charge < -0.3 is 10.0 Å². The molecule has 1 rings (SSSR count). The molecule has 1 atom stereocenters. The number of hydrogen-bond acceptors (Lipinski definition) is 2. The summed E-state index contributed by atoms with van der Waals surface area (Å²) in [7, 11) is 1.75. The van der Waals surface area contributed by atoms with Crippen LogP contribution in [0.25, 0.3) is 0 Å². The lowest BCUT2D eigenvalue weighted by molar-refractivity contribution is -0.167. The zero-order valence-corrected chi connectivity index (χ0v) is 7.46. The molecule has 13 heavy (non-hydrogen) atoms. The molecule has 0 aromatic carbocycles. The third-order valence-corrected chi connectivity index (χ3v) is 2.48. The van der Waals surface area contributed by atoms with Gasteiger partial charge in [0, 0.05) is 12.5 Å². The van der Waals surface area contributed by atoms with Crippen LogP contribution in [0, 0.1) is 0 Å². The van der Waals surface area contributed by atoms with Crippen LogP contribution < -0.4 is 0 Å². The molecule has 1 heterocycles. The van der Waals surface area contributed by atoms with Gasteiger partial charge in [0.25, 0.3) is 0 Å². The Hall–Kier alpha value is -0.710. The fourth-order valence-corrected chi connectivity index (χ4v) is 1.62. The maximum absolute atomic E-state index is 12.7. The Balaban J connectivity index is 2.52. The molecule has 1 aliphatic rings. The van der Waals surface area contributed by atoms with Gasteiger partial charge in [-0.2, -0.15) is 8.78 Å². The van der Waals surface area contributed by atoms with E-state index in [0.29, 0.717) is 6.42 Å². The predicted octanol–water partition coefficient (Wildman–Crippen LogP) is 1.19. The zero-order valence-electron chi connectivity index (χ0n) is 7.46. The molecule has 0 radical (unpaired) electrons. The van der Waals surface area contributed by atoms with Crippen LogP contribution in [0.1, 0.15) is 19.3 Å². The normalized spacial score (nSPS) is 25.0. The number of hydrogen-bond donors (Lipinski definition) is 1. The highest BCUT2D eigenvalue weighted by Gasteiger charge is 2.42. The van der Waals surface area contributed by atoms with Gasteiger partial charge in [0.2, 0.25) is 0 Å². The lowest BCUT2D eigenvalue weighted by atomic mass is 10.1. The standard InChI is InChI=1S/C8H13F2NO2/c1-11-4-2-3-6(11)5-8(9,10)7(12)13/h6H,2-5H2,1H3,(H,12,13). The van der Waals surface area contributed by atoms with E-state index in [2.05, 4.69) is 0 Å². The minimum Gasteiger partial charge on any atom is -0.477 e. The van der Waals surface area contributed by atoms with Gasteiger partial charge in [0.1, 0.15) is 0 Å². The number of carboxylic acids is 1. The maximum Gasteiger partial charge on any atom is 0.374 e. The summed E-state index contributed by atoms with van der Waals surface area (Å²) < 4.78 is 25.5. The maximum atomic E-state index is 12.7. The van der Waals surface area contributed by atoms with Gasteiger partial charge in [0.15, 0.2) is 0 Å². The highest BCUT2D eigenvalue weighted by atomic mass is 19.3. The lowest BCUT2D eigenvalue weighted by Gasteiger charge is -2.22. The van der Waals surface area contributed by atoms with Crippen LogP contribution in [0.15, 0.2) is 0 Å². The Morgan fingerprint density at radius 2 is 2.31 bits per heavy atom. The van der Waals surface area contributed by atoms with Gasteiger partial charge in [-0.05, 0) is 26.4 Å². The number of rotatable bonds is 3. The topological polar surface area (TPSA) is 40.5 Å². The third-order valence-electron chi connectivity index (χ3n) is 2.48. The molecule has 1 aliphatic heterocycles. The number of alkyl halides is 2. The first-order chi connectivity index (χ1) is 5.93. The van der Waals surface area contributed by atoms with Gasteiger partial charge in [-0.15, -0.1) is 0 Å². The van der Waals surface area contributed by atoms with Gasteiger partial charge in [-0.1, -0.05) is 0 Å². The Morgan fingerprint density at radius 1 is 1.69 bits per heavy atom. The van der Waals surface area contributed by atoms with Gasteiger partial charge >= 0.3 is 11.9 Å². The number of carboxylic acid groups (broad SMARTS) is 1. The first-order valence-electron chi connectivity index (χ1n) is 4.25. The van der Waals surface area contributed by atoms with Crippen molar-refractivity contribution in [2.45, 2.75) is 31.2 Å². The lowest BCUT2D eigenvalue weighted by Crippen LogP contribution is -2.37. The molecule has 0 aromatic heterocycles. The Morgan fingerprint density at radius 3 is 2.69 bits per heavy atom. The van der Waals surface area contributed by atoms with E-state index in [1.54, 1.807) is 11.9 Å². The number of halogens is 2. The summed E-state index contributed by atoms with van der Waals surface area (Å²) in [5, 5.41) is 8.22. The second-order valence-corrected chi connectivity index (χ2v) is 3.49. The molecule has 1 N–H and O–H groups in total. The van der Waals surface area contributed by atoms with E-state index in [1.165, 1.54) is 0 Å². The van der Waals surface area contributed by atoms with Crippen LogP contribution in [0.3, 0.4) is 0 Å². The molecular formula is C8H13F2NO2. The van der Waals surface area contributed by atoms with Crippen molar-refractivity contribution in [1.82, 2.24) is 4.90 Å². The van der Waals surface area contributed by atoms with Crippen LogP contribution in [-0.4, -0.2) is 41.5 Å². The summed E-state index contributed by atoms with van der Waals surface area (Å²) in [6, 6.07) is -0.286. The van der Waals surface area contributed by atoms with Crippen LogP contribution in [0.2, 0.25) is 0 Å². The number of likely N-dealkylation sites (tertiary alicyclic amines) is 1. The molecule has 0 aromatic rings. The van der Waals surface area contributed by atoms with E-state index in [-0.39, 0.29) is 6.04 Å². The van der Waals surface area contributed by atoms with E-state index >= 15 is 0 Å². The van der Waals surface area contributed by atoms with Gasteiger partial charge in [-0.25, -0.2) is 4.79 Å². The van der Waals surface area contributed by atoms with E-state index in [1.807, 2.05) is 0 Å². The molecule has 5 heteroatoms. The van der Waals surface area contributed by atoms with Crippen molar-refractivity contribution in [2.75, 3.05) is 13.6 Å². The minimum absolute atomic E-state index is 0.286. The molecule has 0 saturated carbocycles. The summed E-state index contributed by atoms with van der Waals surface area (Å²) in [6.45, 7) is 0.778. The monoisotopic (exact) mass is 193 g/mol. The Kier molecular flexibility index (Phi) is 2.85. The summed E-state index contributed by atoms with van der Waals surface area (Å²) in [5.74, 6) is -5.60. The molecule has 1 fully saturated rings. The number of carbonyl (C=O) groups is 1. The molecule has 0 spiro atoms. The predicted molar refractivity (Wildman–Crippen MR) is 42.9 cm³/mol. The number of nitrogens with zero attached hydrogens (tertiary/aromatic N) is 1. The number of aliphatic carboxylic acids is 1. The highest BCUT2D eigenvalue weighted by molar-refractivity contribution is 5.75. The van der Waals surface area contributed by atoms with Crippen molar-refractivity contribution >= 4 is 5.97 Å². The van der Waals surface area contributed by atoms with E-state index < -0.39 is 18.3 Å². The average Bonchev–Trinajstić information content (AvgIpc) is 2.35. The van der Waals surface area contributed by atoms with Crippen LogP contribution in [0.4, 0.5) is 8.78 Å². The molecule has 0 amide bonds. The Bertz CT molecular complexity index is 208. The molecule has 1 saturated heterocycles. The van der Waals surface area contributed by atoms with Crippen molar-refractivity contribution in [3.05, 3.63) is 0 Å². The van der Waals surface area contributed by atoms with E-state index in [4.69, 9.17) is 5.11 Å². The smallest absolute Gasteiger partial charge is 0.374 e. The van der Waals surface area contributed by atoms with Crippen molar-refractivity contribution in [1.29, 1.82) is 0 Å². The zero-order chi connectivity index (χ0) is 10.1. The van der Waals surface area contributed by atoms with Crippen molar-refractivity contribution in [3.8, 4) is 0 Å². The largest absolute Gasteiger partial charge is 0.477 e. The highest BCUT2D eigenvalue weighted by Crippen LogP contribution is 2.28. The van der Waals surface area contributed by atoms with Crippen molar-refractivity contribution in [3.63, 3.8) is 0 Å². The van der Waals surface area contributed by atoms with Crippen molar-refractivity contribution < 1.29 is 18.7 Å².